The number of benzene rings is 2. The van der Waals surface area contributed by atoms with Gasteiger partial charge in [-0.25, -0.2) is 0 Å². The van der Waals surface area contributed by atoms with Crippen molar-refractivity contribution in [2.45, 2.75) is 13.3 Å². The number of nitrogens with zero attached hydrogens (tertiary/aromatic N) is 1. The Hall–Kier alpha value is -1.89. The minimum absolute atomic E-state index is 1.05. The minimum atomic E-state index is 1.05. The first kappa shape index (κ1) is 9.34. The number of fused-ring (bicyclic) bond motifs is 3. The van der Waals surface area contributed by atoms with E-state index in [0.29, 0.717) is 0 Å². The smallest absolute Gasteiger partial charge is 0.0708 e. The molecule has 0 unspecified atom stereocenters. The molecule has 0 saturated heterocycles. The van der Waals surface area contributed by atoms with Crippen LogP contribution >= 0.6 is 0 Å². The monoisotopic (exact) mass is 207 g/mol. The van der Waals surface area contributed by atoms with Crippen molar-refractivity contribution < 1.29 is 0 Å². The van der Waals surface area contributed by atoms with Gasteiger partial charge in [0.15, 0.2) is 0 Å². The van der Waals surface area contributed by atoms with Crippen molar-refractivity contribution in [2.24, 2.45) is 0 Å². The zero-order valence-corrected chi connectivity index (χ0v) is 9.27. The molecule has 0 saturated carbocycles. The second kappa shape index (κ2) is 3.60. The van der Waals surface area contributed by atoms with E-state index in [9.17, 15) is 0 Å². The molecule has 78 valence electrons. The molecule has 0 aliphatic rings. The van der Waals surface area contributed by atoms with Crippen LogP contribution in [0, 0.1) is 0 Å². The van der Waals surface area contributed by atoms with E-state index in [0.717, 1.165) is 11.9 Å². The number of hydrogen-bond acceptors (Lipinski definition) is 1. The van der Waals surface area contributed by atoms with Crippen LogP contribution in [0.2, 0.25) is 0 Å². The Kier molecular flexibility index (Phi) is 2.10. The Morgan fingerprint density at radius 1 is 0.875 bits per heavy atom. The zero-order valence-electron chi connectivity index (χ0n) is 9.27. The Balaban J connectivity index is 2.52. The van der Waals surface area contributed by atoms with Crippen LogP contribution in [-0.4, -0.2) is 4.98 Å². The topological polar surface area (TPSA) is 12.9 Å². The molecule has 1 heterocycles. The lowest BCUT2D eigenvalue weighted by Gasteiger charge is -2.06. The highest BCUT2D eigenvalue weighted by Gasteiger charge is 2.03. The fourth-order valence-corrected chi connectivity index (χ4v) is 2.26. The predicted molar refractivity (Wildman–Crippen MR) is 68.6 cm³/mol. The molecule has 0 spiro atoms. The first-order valence-electron chi connectivity index (χ1n) is 5.65. The molecule has 0 bridgehead atoms. The van der Waals surface area contributed by atoms with Gasteiger partial charge >= 0.3 is 0 Å². The summed E-state index contributed by atoms with van der Waals surface area (Å²) in [6, 6.07) is 14.8. The molecule has 0 aliphatic heterocycles. The van der Waals surface area contributed by atoms with Crippen LogP contribution in [0.4, 0.5) is 0 Å². The number of pyridine rings is 1. The largest absolute Gasteiger partial charge is 0.256 e. The maximum atomic E-state index is 4.52. The third-order valence-electron chi connectivity index (χ3n) is 3.10. The van der Waals surface area contributed by atoms with Crippen molar-refractivity contribution in [1.82, 2.24) is 4.98 Å². The maximum absolute atomic E-state index is 4.52. The molecular formula is C15H13N. The summed E-state index contributed by atoms with van der Waals surface area (Å²) in [4.78, 5) is 4.52. The van der Waals surface area contributed by atoms with Gasteiger partial charge in [0, 0.05) is 17.0 Å². The van der Waals surface area contributed by atoms with Crippen LogP contribution in [0.1, 0.15) is 12.5 Å². The molecule has 3 rings (SSSR count). The van der Waals surface area contributed by atoms with E-state index < -0.39 is 0 Å². The molecule has 0 radical (unpaired) electrons. The Morgan fingerprint density at radius 3 is 2.56 bits per heavy atom. The predicted octanol–water partition coefficient (Wildman–Crippen LogP) is 3.95. The van der Waals surface area contributed by atoms with Gasteiger partial charge in [-0.05, 0) is 23.4 Å². The van der Waals surface area contributed by atoms with Gasteiger partial charge in [-0.1, -0.05) is 43.3 Å². The van der Waals surface area contributed by atoms with E-state index in [1.165, 1.54) is 21.7 Å². The van der Waals surface area contributed by atoms with Crippen LogP contribution < -0.4 is 0 Å². The quantitative estimate of drug-likeness (QED) is 0.550. The van der Waals surface area contributed by atoms with Gasteiger partial charge in [0.05, 0.1) is 5.52 Å². The fourth-order valence-electron chi connectivity index (χ4n) is 2.26. The third-order valence-corrected chi connectivity index (χ3v) is 3.10. The highest BCUT2D eigenvalue weighted by atomic mass is 14.6. The van der Waals surface area contributed by atoms with Crippen LogP contribution in [0.3, 0.4) is 0 Å². The standard InChI is InChI=1S/C15H13N/c1-2-11-6-5-8-12-13-7-3-4-9-15(13)16-10-14(11)12/h3-10H,2H2,1H3. The summed E-state index contributed by atoms with van der Waals surface area (Å²) in [7, 11) is 0. The van der Waals surface area contributed by atoms with Gasteiger partial charge in [-0.15, -0.1) is 0 Å². The summed E-state index contributed by atoms with van der Waals surface area (Å²) in [5.74, 6) is 0. The van der Waals surface area contributed by atoms with Gasteiger partial charge < -0.3 is 0 Å². The average Bonchev–Trinajstić information content (AvgIpc) is 2.37. The van der Waals surface area contributed by atoms with E-state index in [4.69, 9.17) is 0 Å². The van der Waals surface area contributed by atoms with E-state index in [-0.39, 0.29) is 0 Å². The van der Waals surface area contributed by atoms with Crippen LogP contribution in [0.25, 0.3) is 21.7 Å². The van der Waals surface area contributed by atoms with Gasteiger partial charge in [0.25, 0.3) is 0 Å². The molecule has 16 heavy (non-hydrogen) atoms. The molecule has 0 fully saturated rings. The lowest BCUT2D eigenvalue weighted by atomic mass is 10.0. The second-order valence-electron chi connectivity index (χ2n) is 4.01. The van der Waals surface area contributed by atoms with E-state index in [1.807, 2.05) is 12.3 Å². The van der Waals surface area contributed by atoms with Crippen molar-refractivity contribution in [2.75, 3.05) is 0 Å². The molecular weight excluding hydrogens is 194 g/mol. The molecule has 2 aromatic carbocycles. The van der Waals surface area contributed by atoms with Crippen molar-refractivity contribution in [3.63, 3.8) is 0 Å². The van der Waals surface area contributed by atoms with Crippen molar-refractivity contribution in [3.05, 3.63) is 54.2 Å². The molecule has 1 nitrogen and oxygen atoms in total. The van der Waals surface area contributed by atoms with Gasteiger partial charge in [-0.3, -0.25) is 4.98 Å². The lowest BCUT2D eigenvalue weighted by Crippen LogP contribution is -1.86. The van der Waals surface area contributed by atoms with Crippen molar-refractivity contribution in [1.29, 1.82) is 0 Å². The lowest BCUT2D eigenvalue weighted by molar-refractivity contribution is 1.16. The number of para-hydroxylation sites is 1. The number of rotatable bonds is 1. The molecule has 3 aromatic rings. The zero-order chi connectivity index (χ0) is 11.0. The second-order valence-corrected chi connectivity index (χ2v) is 4.01. The number of aryl methyl sites for hydroxylation is 1. The average molecular weight is 207 g/mol. The van der Waals surface area contributed by atoms with Crippen LogP contribution in [0.15, 0.2) is 48.7 Å². The fraction of sp³-hybridized carbons (Fsp3) is 0.133. The summed E-state index contributed by atoms with van der Waals surface area (Å²) in [5, 5.41) is 3.84. The highest BCUT2D eigenvalue weighted by molar-refractivity contribution is 6.06. The summed E-state index contributed by atoms with van der Waals surface area (Å²) < 4.78 is 0. The molecule has 0 amide bonds. The van der Waals surface area contributed by atoms with Gasteiger partial charge in [-0.2, -0.15) is 0 Å². The molecule has 1 heteroatoms. The Morgan fingerprint density at radius 2 is 1.69 bits per heavy atom. The molecule has 0 aliphatic carbocycles. The first-order chi connectivity index (χ1) is 7.90. The highest BCUT2D eigenvalue weighted by Crippen LogP contribution is 2.25. The minimum Gasteiger partial charge on any atom is -0.256 e. The van der Waals surface area contributed by atoms with Crippen molar-refractivity contribution >= 4 is 21.7 Å². The maximum Gasteiger partial charge on any atom is 0.0708 e. The molecule has 0 atom stereocenters. The van der Waals surface area contributed by atoms with E-state index >= 15 is 0 Å². The molecule has 0 N–H and O–H groups in total. The summed E-state index contributed by atoms with van der Waals surface area (Å²) in [6.07, 6.45) is 3.05. The molecule has 1 aromatic heterocycles. The number of aromatic nitrogens is 1. The van der Waals surface area contributed by atoms with Gasteiger partial charge in [0.2, 0.25) is 0 Å². The summed E-state index contributed by atoms with van der Waals surface area (Å²) >= 11 is 0. The van der Waals surface area contributed by atoms with Crippen LogP contribution in [-0.2, 0) is 6.42 Å². The van der Waals surface area contributed by atoms with Crippen LogP contribution in [0.5, 0.6) is 0 Å². The Bertz CT molecular complexity index is 656. The first-order valence-corrected chi connectivity index (χ1v) is 5.65. The summed E-state index contributed by atoms with van der Waals surface area (Å²) in [6.45, 7) is 2.18. The number of hydrogen-bond donors (Lipinski definition) is 0. The van der Waals surface area contributed by atoms with Gasteiger partial charge in [0.1, 0.15) is 0 Å². The third kappa shape index (κ3) is 1.28. The normalized spacial score (nSPS) is 11.1. The van der Waals surface area contributed by atoms with E-state index in [1.54, 1.807) is 0 Å². The summed E-state index contributed by atoms with van der Waals surface area (Å²) in [5.41, 5.74) is 2.44. The SMILES string of the molecule is CCc1cccc2c1cnc1ccccc12. The van der Waals surface area contributed by atoms with Crippen molar-refractivity contribution in [3.8, 4) is 0 Å². The van der Waals surface area contributed by atoms with E-state index in [2.05, 4.69) is 48.3 Å². The Labute approximate surface area is 94.7 Å².